The summed E-state index contributed by atoms with van der Waals surface area (Å²) >= 11 is 5.81. The molecule has 2 atom stereocenters. The number of ether oxygens (including phenoxy) is 2. The van der Waals surface area contributed by atoms with Gasteiger partial charge < -0.3 is 20.1 Å². The van der Waals surface area contributed by atoms with E-state index in [1.165, 1.54) is 0 Å². The number of amides is 2. The van der Waals surface area contributed by atoms with Crippen LogP contribution in [0.15, 0.2) is 30.6 Å². The lowest BCUT2D eigenvalue weighted by Crippen LogP contribution is -2.39. The van der Waals surface area contributed by atoms with Crippen LogP contribution in [-0.2, 0) is 15.8 Å². The molecule has 15 heteroatoms. The summed E-state index contributed by atoms with van der Waals surface area (Å²) in [6.07, 6.45) is -10.6. The summed E-state index contributed by atoms with van der Waals surface area (Å²) in [5.74, 6) is -1.61. The minimum Gasteiger partial charge on any atom is -0.434 e. The standard InChI is InChI=1S/C16H11ClF6N4O4/c17-9-3-7(1-2-10(9)31-16(21,22)23)12(8-4-25-27(6-8)15(18,19)20)26-13(28)11-5-24-14(29)30-11/h1-4,6,11-12H,5H2,(H,24,29)(H,26,28)/t11-,12-/m0/s1. The van der Waals surface area contributed by atoms with Gasteiger partial charge in [-0.1, -0.05) is 17.7 Å². The molecule has 2 N–H and O–H groups in total. The highest BCUT2D eigenvalue weighted by molar-refractivity contribution is 6.32. The fraction of sp³-hybridized carbons (Fsp3) is 0.312. The fourth-order valence-electron chi connectivity index (χ4n) is 2.66. The van der Waals surface area contributed by atoms with E-state index >= 15 is 0 Å². The van der Waals surface area contributed by atoms with Crippen LogP contribution in [0.4, 0.5) is 31.1 Å². The first kappa shape index (κ1) is 22.5. The summed E-state index contributed by atoms with van der Waals surface area (Å²) in [7, 11) is 0. The van der Waals surface area contributed by atoms with Crippen molar-refractivity contribution >= 4 is 23.6 Å². The highest BCUT2D eigenvalue weighted by Gasteiger charge is 2.35. The third-order valence-corrected chi connectivity index (χ3v) is 4.27. The zero-order valence-corrected chi connectivity index (χ0v) is 15.7. The van der Waals surface area contributed by atoms with Crippen LogP contribution in [0.3, 0.4) is 0 Å². The number of carbonyl (C=O) groups is 2. The molecule has 1 aliphatic rings. The number of cyclic esters (lactones) is 1. The van der Waals surface area contributed by atoms with Crippen molar-refractivity contribution in [1.82, 2.24) is 20.4 Å². The van der Waals surface area contributed by atoms with Gasteiger partial charge in [0, 0.05) is 11.8 Å². The molecular formula is C16H11ClF6N4O4. The summed E-state index contributed by atoms with van der Waals surface area (Å²) < 4.78 is 84.1. The van der Waals surface area contributed by atoms with Gasteiger partial charge in [-0.25, -0.2) is 4.79 Å². The zero-order valence-electron chi connectivity index (χ0n) is 14.9. The Bertz CT molecular complexity index is 993. The van der Waals surface area contributed by atoms with Gasteiger partial charge in [0.15, 0.2) is 6.10 Å². The first-order valence-corrected chi connectivity index (χ1v) is 8.63. The lowest BCUT2D eigenvalue weighted by molar-refractivity contribution is -0.274. The smallest absolute Gasteiger partial charge is 0.434 e. The topological polar surface area (TPSA) is 94.5 Å². The quantitative estimate of drug-likeness (QED) is 0.652. The molecule has 0 radical (unpaired) electrons. The first-order valence-electron chi connectivity index (χ1n) is 8.25. The molecule has 1 aliphatic heterocycles. The number of alkyl carbamates (subject to hydrolysis) is 1. The summed E-state index contributed by atoms with van der Waals surface area (Å²) in [5, 5.41) is 7.27. The number of hydrogen-bond donors (Lipinski definition) is 2. The van der Waals surface area contributed by atoms with Crippen molar-refractivity contribution in [2.75, 3.05) is 6.54 Å². The van der Waals surface area contributed by atoms with Crippen molar-refractivity contribution < 1.29 is 45.4 Å². The number of rotatable bonds is 5. The highest BCUT2D eigenvalue weighted by atomic mass is 35.5. The molecule has 2 amide bonds. The molecule has 1 aromatic carbocycles. The molecule has 0 spiro atoms. The number of carbonyl (C=O) groups excluding carboxylic acids is 2. The van der Waals surface area contributed by atoms with Gasteiger partial charge in [-0.15, -0.1) is 26.3 Å². The highest BCUT2D eigenvalue weighted by Crippen LogP contribution is 2.34. The first-order chi connectivity index (χ1) is 14.3. The number of halogens is 7. The lowest BCUT2D eigenvalue weighted by Gasteiger charge is -2.21. The Morgan fingerprint density at radius 2 is 2.00 bits per heavy atom. The average molecular weight is 473 g/mol. The van der Waals surface area contributed by atoms with Gasteiger partial charge in [0.1, 0.15) is 5.75 Å². The molecule has 0 bridgehead atoms. The number of nitrogens with zero attached hydrogens (tertiary/aromatic N) is 2. The fourth-order valence-corrected chi connectivity index (χ4v) is 2.89. The molecule has 2 aromatic rings. The number of aromatic nitrogens is 2. The van der Waals surface area contributed by atoms with Gasteiger partial charge in [0.25, 0.3) is 5.91 Å². The second-order valence-electron chi connectivity index (χ2n) is 6.14. The predicted molar refractivity (Wildman–Crippen MR) is 89.9 cm³/mol. The predicted octanol–water partition coefficient (Wildman–Crippen LogP) is 3.23. The van der Waals surface area contributed by atoms with Gasteiger partial charge >= 0.3 is 18.8 Å². The van der Waals surface area contributed by atoms with E-state index < -0.39 is 47.6 Å². The van der Waals surface area contributed by atoms with Crippen LogP contribution in [0, 0.1) is 0 Å². The van der Waals surface area contributed by atoms with Crippen LogP contribution in [0.2, 0.25) is 5.02 Å². The van der Waals surface area contributed by atoms with Gasteiger partial charge in [0.2, 0.25) is 0 Å². The van der Waals surface area contributed by atoms with E-state index in [1.807, 2.05) is 0 Å². The van der Waals surface area contributed by atoms with Gasteiger partial charge in [-0.05, 0) is 17.7 Å². The number of benzene rings is 1. The normalized spacial score (nSPS) is 17.6. The second-order valence-corrected chi connectivity index (χ2v) is 6.55. The Hall–Kier alpha value is -3.16. The maximum absolute atomic E-state index is 12.9. The van der Waals surface area contributed by atoms with Crippen molar-refractivity contribution in [3.8, 4) is 5.75 Å². The molecule has 1 fully saturated rings. The maximum Gasteiger partial charge on any atom is 0.573 e. The average Bonchev–Trinajstić information content (AvgIpc) is 3.29. The van der Waals surface area contributed by atoms with E-state index in [-0.39, 0.29) is 22.4 Å². The molecule has 168 valence electrons. The third-order valence-electron chi connectivity index (χ3n) is 3.97. The van der Waals surface area contributed by atoms with Crippen LogP contribution < -0.4 is 15.4 Å². The molecule has 0 saturated carbocycles. The summed E-state index contributed by atoms with van der Waals surface area (Å²) in [6.45, 7) is -0.182. The van der Waals surface area contributed by atoms with Crippen LogP contribution in [0.5, 0.6) is 5.75 Å². The summed E-state index contributed by atoms with van der Waals surface area (Å²) in [5.41, 5.74) is -0.143. The molecule has 0 unspecified atom stereocenters. The van der Waals surface area contributed by atoms with Crippen molar-refractivity contribution in [2.45, 2.75) is 24.8 Å². The molecule has 0 aliphatic carbocycles. The number of alkyl halides is 6. The van der Waals surface area contributed by atoms with Crippen molar-refractivity contribution in [3.05, 3.63) is 46.7 Å². The van der Waals surface area contributed by atoms with E-state index in [0.717, 1.165) is 24.4 Å². The number of hydrogen-bond acceptors (Lipinski definition) is 5. The zero-order chi connectivity index (χ0) is 23.0. The summed E-state index contributed by atoms with van der Waals surface area (Å²) in [6, 6.07) is 1.58. The Morgan fingerprint density at radius 1 is 1.29 bits per heavy atom. The second kappa shape index (κ2) is 8.17. The van der Waals surface area contributed by atoms with Crippen LogP contribution >= 0.6 is 11.6 Å². The Balaban J connectivity index is 1.93. The Kier molecular flexibility index (Phi) is 5.93. The number of nitrogens with one attached hydrogen (secondary N) is 2. The Labute approximate surface area is 174 Å². The van der Waals surface area contributed by atoms with Crippen LogP contribution in [0.1, 0.15) is 17.2 Å². The monoisotopic (exact) mass is 472 g/mol. The molecule has 3 rings (SSSR count). The van der Waals surface area contributed by atoms with Gasteiger partial charge in [-0.2, -0.15) is 9.78 Å². The van der Waals surface area contributed by atoms with Crippen molar-refractivity contribution in [2.24, 2.45) is 0 Å². The SMILES string of the molecule is O=C1NC[C@@H](C(=O)N[C@@H](c2ccc(OC(F)(F)F)c(Cl)c2)c2cnn(C(F)(F)F)c2)O1. The van der Waals surface area contributed by atoms with Gasteiger partial charge in [0.05, 0.1) is 23.8 Å². The van der Waals surface area contributed by atoms with E-state index in [0.29, 0.717) is 6.20 Å². The lowest BCUT2D eigenvalue weighted by atomic mass is 10.0. The largest absolute Gasteiger partial charge is 0.573 e. The Morgan fingerprint density at radius 3 is 2.52 bits per heavy atom. The summed E-state index contributed by atoms with van der Waals surface area (Å²) in [4.78, 5) is 23.5. The van der Waals surface area contributed by atoms with Crippen LogP contribution in [-0.4, -0.2) is 40.8 Å². The van der Waals surface area contributed by atoms with E-state index in [2.05, 4.69) is 20.5 Å². The minimum absolute atomic E-state index is 0.0203. The van der Waals surface area contributed by atoms with Crippen LogP contribution in [0.25, 0.3) is 0 Å². The molecule has 1 saturated heterocycles. The maximum atomic E-state index is 12.9. The van der Waals surface area contributed by atoms with E-state index in [9.17, 15) is 35.9 Å². The molecule has 1 aromatic heterocycles. The molecule has 8 nitrogen and oxygen atoms in total. The molecule has 31 heavy (non-hydrogen) atoms. The minimum atomic E-state index is -5.02. The molecular weight excluding hydrogens is 462 g/mol. The van der Waals surface area contributed by atoms with E-state index in [4.69, 9.17) is 16.3 Å². The van der Waals surface area contributed by atoms with Crippen molar-refractivity contribution in [3.63, 3.8) is 0 Å². The van der Waals surface area contributed by atoms with Gasteiger partial charge in [-0.3, -0.25) is 4.79 Å². The molecule has 2 heterocycles. The van der Waals surface area contributed by atoms with Crippen molar-refractivity contribution in [1.29, 1.82) is 0 Å². The third kappa shape index (κ3) is 5.51. The van der Waals surface area contributed by atoms with E-state index in [1.54, 1.807) is 0 Å².